The van der Waals surface area contributed by atoms with Gasteiger partial charge in [0.2, 0.25) is 15.9 Å². The summed E-state index contributed by atoms with van der Waals surface area (Å²) in [7, 11) is -2.91. The van der Waals surface area contributed by atoms with Crippen LogP contribution in [0.2, 0.25) is 0 Å². The highest BCUT2D eigenvalue weighted by Crippen LogP contribution is 2.25. The van der Waals surface area contributed by atoms with Gasteiger partial charge in [-0.05, 0) is 19.9 Å². The van der Waals surface area contributed by atoms with E-state index in [1.165, 1.54) is 19.2 Å². The van der Waals surface area contributed by atoms with Crippen LogP contribution < -0.4 is 5.32 Å². The van der Waals surface area contributed by atoms with E-state index >= 15 is 0 Å². The number of carbonyl (C=O) groups excluding carboxylic acids is 1. The Morgan fingerprint density at radius 1 is 1.38 bits per heavy atom. The Morgan fingerprint density at radius 3 is 2.48 bits per heavy atom. The van der Waals surface area contributed by atoms with Crippen molar-refractivity contribution in [3.8, 4) is 0 Å². The lowest BCUT2D eigenvalue weighted by atomic mass is 10.3. The summed E-state index contributed by atoms with van der Waals surface area (Å²) in [5, 5.41) is 13.5. The molecule has 0 bridgehead atoms. The molecule has 0 aliphatic rings. The summed E-state index contributed by atoms with van der Waals surface area (Å²) in [4.78, 5) is 21.3. The van der Waals surface area contributed by atoms with Crippen LogP contribution in [0, 0.1) is 10.1 Å². The molecule has 0 aromatic heterocycles. The number of para-hydroxylation sites is 1. The monoisotopic (exact) mass is 315 g/mol. The first kappa shape index (κ1) is 17.1. The van der Waals surface area contributed by atoms with Crippen molar-refractivity contribution >= 4 is 21.6 Å². The molecule has 1 amide bonds. The highest BCUT2D eigenvalue weighted by atomic mass is 32.2. The summed E-state index contributed by atoms with van der Waals surface area (Å²) in [6.07, 6.45) is 0. The number of nitrogens with one attached hydrogen (secondary N) is 1. The number of hydrogen-bond acceptors (Lipinski definition) is 5. The second kappa shape index (κ2) is 6.64. The topological polar surface area (TPSA) is 110 Å². The van der Waals surface area contributed by atoms with Crippen molar-refractivity contribution in [1.82, 2.24) is 9.62 Å². The number of nitro benzene ring substituents is 1. The molecule has 1 N–H and O–H groups in total. The Hall–Kier alpha value is -2.00. The van der Waals surface area contributed by atoms with E-state index in [1.54, 1.807) is 13.8 Å². The third-order valence-corrected chi connectivity index (χ3v) is 4.42. The molecule has 0 atom stereocenters. The van der Waals surface area contributed by atoms with Crippen molar-refractivity contribution in [3.05, 3.63) is 34.4 Å². The van der Waals surface area contributed by atoms with Crippen LogP contribution in [0.4, 0.5) is 5.69 Å². The lowest BCUT2D eigenvalue weighted by Gasteiger charge is -2.17. The van der Waals surface area contributed by atoms with E-state index < -0.39 is 38.0 Å². The zero-order chi connectivity index (χ0) is 16.2. The number of nitrogens with zero attached hydrogens (tertiary/aromatic N) is 2. The maximum atomic E-state index is 12.3. The Morgan fingerprint density at radius 2 is 1.95 bits per heavy atom. The van der Waals surface area contributed by atoms with E-state index in [0.29, 0.717) is 0 Å². The molecular formula is C12H17N3O5S. The fourth-order valence-electron chi connectivity index (χ4n) is 1.65. The van der Waals surface area contributed by atoms with E-state index in [4.69, 9.17) is 0 Å². The number of benzene rings is 1. The van der Waals surface area contributed by atoms with Crippen molar-refractivity contribution < 1.29 is 18.1 Å². The molecule has 9 heteroatoms. The van der Waals surface area contributed by atoms with E-state index in [0.717, 1.165) is 16.4 Å². The van der Waals surface area contributed by atoms with Crippen LogP contribution in [0.15, 0.2) is 29.2 Å². The van der Waals surface area contributed by atoms with Crippen LogP contribution in [0.5, 0.6) is 0 Å². The van der Waals surface area contributed by atoms with Gasteiger partial charge in [0.05, 0.1) is 11.5 Å². The van der Waals surface area contributed by atoms with E-state index in [-0.39, 0.29) is 6.04 Å². The summed E-state index contributed by atoms with van der Waals surface area (Å²) >= 11 is 0. The van der Waals surface area contributed by atoms with Crippen LogP contribution in [-0.2, 0) is 14.8 Å². The van der Waals surface area contributed by atoms with Gasteiger partial charge in [0, 0.05) is 19.2 Å². The highest BCUT2D eigenvalue weighted by Gasteiger charge is 2.30. The molecule has 116 valence electrons. The van der Waals surface area contributed by atoms with E-state index in [1.807, 2.05) is 0 Å². The summed E-state index contributed by atoms with van der Waals surface area (Å²) in [5.74, 6) is -0.477. The van der Waals surface area contributed by atoms with Crippen LogP contribution >= 0.6 is 0 Å². The molecule has 0 fully saturated rings. The first-order valence-corrected chi connectivity index (χ1v) is 7.59. The third-order valence-electron chi connectivity index (χ3n) is 2.57. The van der Waals surface area contributed by atoms with Gasteiger partial charge in [-0.2, -0.15) is 4.31 Å². The van der Waals surface area contributed by atoms with Gasteiger partial charge in [-0.15, -0.1) is 0 Å². The third kappa shape index (κ3) is 4.23. The molecule has 0 radical (unpaired) electrons. The summed E-state index contributed by atoms with van der Waals surface area (Å²) < 4.78 is 25.4. The maximum Gasteiger partial charge on any atom is 0.289 e. The van der Waals surface area contributed by atoms with Gasteiger partial charge in [0.1, 0.15) is 0 Å². The molecule has 1 rings (SSSR count). The van der Waals surface area contributed by atoms with E-state index in [9.17, 15) is 23.3 Å². The molecule has 0 unspecified atom stereocenters. The second-order valence-corrected chi connectivity index (χ2v) is 6.72. The van der Waals surface area contributed by atoms with Gasteiger partial charge >= 0.3 is 0 Å². The average molecular weight is 315 g/mol. The summed E-state index contributed by atoms with van der Waals surface area (Å²) in [6, 6.07) is 4.89. The zero-order valence-electron chi connectivity index (χ0n) is 11.9. The van der Waals surface area contributed by atoms with Gasteiger partial charge in [0.25, 0.3) is 5.69 Å². The van der Waals surface area contributed by atoms with Gasteiger partial charge in [0.15, 0.2) is 4.90 Å². The van der Waals surface area contributed by atoms with Crippen molar-refractivity contribution in [2.24, 2.45) is 0 Å². The molecule has 0 aliphatic carbocycles. The molecule has 0 aliphatic heterocycles. The van der Waals surface area contributed by atoms with Gasteiger partial charge in [-0.1, -0.05) is 12.1 Å². The molecule has 0 heterocycles. The van der Waals surface area contributed by atoms with Crippen LogP contribution in [-0.4, -0.2) is 43.2 Å². The number of carbonyl (C=O) groups is 1. The maximum absolute atomic E-state index is 12.3. The normalized spacial score (nSPS) is 11.7. The van der Waals surface area contributed by atoms with E-state index in [2.05, 4.69) is 5.32 Å². The number of likely N-dealkylation sites (N-methyl/N-ethyl adjacent to an activating group) is 1. The molecule has 0 saturated heterocycles. The fraction of sp³-hybridized carbons (Fsp3) is 0.417. The van der Waals surface area contributed by atoms with Gasteiger partial charge in [-0.3, -0.25) is 14.9 Å². The van der Waals surface area contributed by atoms with Crippen LogP contribution in [0.1, 0.15) is 13.8 Å². The molecule has 21 heavy (non-hydrogen) atoms. The fourth-order valence-corrected chi connectivity index (χ4v) is 2.93. The smallest absolute Gasteiger partial charge is 0.289 e. The quantitative estimate of drug-likeness (QED) is 0.615. The Kier molecular flexibility index (Phi) is 5.39. The molecule has 0 spiro atoms. The SMILES string of the molecule is CC(C)NC(=O)CN(C)S(=O)(=O)c1ccccc1[N+](=O)[O-]. The molecule has 1 aromatic carbocycles. The zero-order valence-corrected chi connectivity index (χ0v) is 12.8. The predicted octanol–water partition coefficient (Wildman–Crippen LogP) is 0.740. The standard InChI is InChI=1S/C12H17N3O5S/c1-9(2)13-12(16)8-14(3)21(19,20)11-7-5-4-6-10(11)15(17)18/h4-7,9H,8H2,1-3H3,(H,13,16). The number of sulfonamides is 1. The number of hydrogen-bond donors (Lipinski definition) is 1. The van der Waals surface area contributed by atoms with Gasteiger partial charge in [-0.25, -0.2) is 8.42 Å². The van der Waals surface area contributed by atoms with Crippen LogP contribution in [0.3, 0.4) is 0 Å². The number of rotatable bonds is 6. The van der Waals surface area contributed by atoms with Crippen molar-refractivity contribution in [3.63, 3.8) is 0 Å². The lowest BCUT2D eigenvalue weighted by Crippen LogP contribution is -2.40. The number of amides is 1. The molecule has 0 saturated carbocycles. The minimum absolute atomic E-state index is 0.125. The number of nitro groups is 1. The Bertz CT molecular complexity index is 642. The first-order chi connectivity index (χ1) is 9.66. The minimum atomic E-state index is -4.11. The Balaban J connectivity index is 3.06. The van der Waals surface area contributed by atoms with Crippen molar-refractivity contribution in [2.75, 3.05) is 13.6 Å². The predicted molar refractivity (Wildman–Crippen MR) is 76.2 cm³/mol. The van der Waals surface area contributed by atoms with Crippen molar-refractivity contribution in [1.29, 1.82) is 0 Å². The second-order valence-electron chi connectivity index (χ2n) is 4.71. The summed E-state index contributed by atoms with van der Waals surface area (Å²) in [5.41, 5.74) is -0.520. The van der Waals surface area contributed by atoms with Gasteiger partial charge < -0.3 is 5.32 Å². The first-order valence-electron chi connectivity index (χ1n) is 6.15. The largest absolute Gasteiger partial charge is 0.353 e. The highest BCUT2D eigenvalue weighted by molar-refractivity contribution is 7.89. The van der Waals surface area contributed by atoms with Crippen molar-refractivity contribution in [2.45, 2.75) is 24.8 Å². The van der Waals surface area contributed by atoms with Crippen LogP contribution in [0.25, 0.3) is 0 Å². The minimum Gasteiger partial charge on any atom is -0.353 e. The molecule has 8 nitrogen and oxygen atoms in total. The average Bonchev–Trinajstić information content (AvgIpc) is 2.37. The summed E-state index contributed by atoms with van der Waals surface area (Å²) in [6.45, 7) is 3.08. The molecule has 1 aromatic rings. The Labute approximate surface area is 123 Å². The lowest BCUT2D eigenvalue weighted by molar-refractivity contribution is -0.387. The molecular weight excluding hydrogens is 298 g/mol.